The molecule has 1 fully saturated rings. The Labute approximate surface area is 124 Å². The topological polar surface area (TPSA) is 92.3 Å². The average Bonchev–Trinajstić information content (AvgIpc) is 2.85. The van der Waals surface area contributed by atoms with E-state index in [2.05, 4.69) is 14.7 Å². The quantitative estimate of drug-likeness (QED) is 0.875. The van der Waals surface area contributed by atoms with Gasteiger partial charge in [0.25, 0.3) is 0 Å². The van der Waals surface area contributed by atoms with E-state index in [0.29, 0.717) is 17.9 Å². The van der Waals surface area contributed by atoms with Gasteiger partial charge < -0.3 is 4.90 Å². The van der Waals surface area contributed by atoms with Crippen LogP contribution in [0.1, 0.15) is 42.9 Å². The number of nitrogens with one attached hydrogen (secondary N) is 1. The van der Waals surface area contributed by atoms with Crippen LogP contribution in [0.15, 0.2) is 6.20 Å². The van der Waals surface area contributed by atoms with E-state index >= 15 is 0 Å². The maximum atomic E-state index is 11.7. The third-order valence-electron chi connectivity index (χ3n) is 3.52. The number of sulfonamides is 1. The smallest absolute Gasteiger partial charge is 0.220 e. The Hall–Kier alpha value is -1.54. The minimum Gasteiger partial charge on any atom is -0.334 e. The van der Waals surface area contributed by atoms with E-state index in [4.69, 9.17) is 0 Å². The third kappa shape index (κ3) is 3.98. The number of aromatic nitrogens is 2. The highest BCUT2D eigenvalue weighted by atomic mass is 32.2. The lowest BCUT2D eigenvalue weighted by Gasteiger charge is -2.24. The Morgan fingerprint density at radius 2 is 2.24 bits per heavy atom. The van der Waals surface area contributed by atoms with Gasteiger partial charge in [0.1, 0.15) is 5.82 Å². The van der Waals surface area contributed by atoms with Gasteiger partial charge in [-0.05, 0) is 19.8 Å². The zero-order valence-electron chi connectivity index (χ0n) is 12.5. The van der Waals surface area contributed by atoms with E-state index in [1.807, 2.05) is 0 Å². The van der Waals surface area contributed by atoms with E-state index in [1.54, 1.807) is 24.9 Å². The molecule has 1 atom stereocenters. The molecule has 8 heteroatoms. The largest absolute Gasteiger partial charge is 0.334 e. The van der Waals surface area contributed by atoms with Crippen molar-refractivity contribution in [1.29, 1.82) is 0 Å². The highest BCUT2D eigenvalue weighted by molar-refractivity contribution is 7.88. The van der Waals surface area contributed by atoms with E-state index in [1.165, 1.54) is 0 Å². The molecule has 0 radical (unpaired) electrons. The number of carbonyl (C=O) groups is 1. The van der Waals surface area contributed by atoms with Crippen molar-refractivity contribution in [2.75, 3.05) is 12.8 Å². The summed E-state index contributed by atoms with van der Waals surface area (Å²) in [5.41, 5.74) is 1.45. The van der Waals surface area contributed by atoms with Gasteiger partial charge in [0.2, 0.25) is 15.9 Å². The van der Waals surface area contributed by atoms with Gasteiger partial charge in [-0.2, -0.15) is 0 Å². The monoisotopic (exact) mass is 312 g/mol. The van der Waals surface area contributed by atoms with Crippen LogP contribution in [0.2, 0.25) is 0 Å². The summed E-state index contributed by atoms with van der Waals surface area (Å²) in [5, 5.41) is 0. The van der Waals surface area contributed by atoms with Gasteiger partial charge in [0.05, 0.1) is 18.0 Å². The Morgan fingerprint density at radius 1 is 1.52 bits per heavy atom. The van der Waals surface area contributed by atoms with E-state index in [9.17, 15) is 13.2 Å². The Kier molecular flexibility index (Phi) is 4.58. The summed E-state index contributed by atoms with van der Waals surface area (Å²) in [5.74, 6) is 0.624. The third-order valence-corrected chi connectivity index (χ3v) is 4.18. The lowest BCUT2D eigenvalue weighted by molar-refractivity contribution is -0.129. The van der Waals surface area contributed by atoms with Crippen LogP contribution >= 0.6 is 0 Å². The molecule has 116 valence electrons. The number of aryl methyl sites for hydroxylation is 1. The second kappa shape index (κ2) is 6.07. The van der Waals surface area contributed by atoms with Crippen LogP contribution in [0.5, 0.6) is 0 Å². The van der Waals surface area contributed by atoms with Gasteiger partial charge in [-0.3, -0.25) is 4.79 Å². The molecule has 21 heavy (non-hydrogen) atoms. The summed E-state index contributed by atoms with van der Waals surface area (Å²) < 4.78 is 25.0. The van der Waals surface area contributed by atoms with Crippen molar-refractivity contribution in [3.8, 4) is 0 Å². The molecule has 1 saturated heterocycles. The lowest BCUT2D eigenvalue weighted by Crippen LogP contribution is -2.30. The number of hydrogen-bond donors (Lipinski definition) is 1. The predicted octanol–water partition coefficient (Wildman–Crippen LogP) is 0.518. The van der Waals surface area contributed by atoms with E-state index in [-0.39, 0.29) is 18.5 Å². The maximum absolute atomic E-state index is 11.7. The van der Waals surface area contributed by atoms with Crippen LogP contribution in [-0.2, 0) is 21.4 Å². The summed E-state index contributed by atoms with van der Waals surface area (Å²) in [6.07, 6.45) is 4.50. The molecule has 0 spiro atoms. The SMILES string of the molecule is CC(=O)N1CCC[C@@H]1c1nc(C)ncc1CNS(C)(=O)=O. The minimum atomic E-state index is -3.29. The molecular formula is C13H20N4O3S. The molecule has 2 heterocycles. The molecule has 1 amide bonds. The zero-order valence-corrected chi connectivity index (χ0v) is 13.3. The molecule has 1 aromatic rings. The van der Waals surface area contributed by atoms with Gasteiger partial charge in [-0.25, -0.2) is 23.1 Å². The van der Waals surface area contributed by atoms with Gasteiger partial charge in [0.15, 0.2) is 0 Å². The summed E-state index contributed by atoms with van der Waals surface area (Å²) in [7, 11) is -3.29. The molecule has 1 aliphatic heterocycles. The van der Waals surface area contributed by atoms with Crippen molar-refractivity contribution in [1.82, 2.24) is 19.6 Å². The Balaban J connectivity index is 2.33. The van der Waals surface area contributed by atoms with E-state index in [0.717, 1.165) is 24.8 Å². The molecule has 0 aromatic carbocycles. The highest BCUT2D eigenvalue weighted by Gasteiger charge is 2.31. The van der Waals surface area contributed by atoms with Crippen molar-refractivity contribution in [2.45, 2.75) is 39.3 Å². The van der Waals surface area contributed by atoms with Gasteiger partial charge in [-0.1, -0.05) is 0 Å². The normalized spacial score (nSPS) is 19.0. The second-order valence-corrected chi connectivity index (χ2v) is 7.12. The van der Waals surface area contributed by atoms with Crippen molar-refractivity contribution >= 4 is 15.9 Å². The van der Waals surface area contributed by atoms with Crippen molar-refractivity contribution < 1.29 is 13.2 Å². The first-order valence-electron chi connectivity index (χ1n) is 6.82. The molecule has 1 N–H and O–H groups in total. The average molecular weight is 312 g/mol. The van der Waals surface area contributed by atoms with Crippen molar-refractivity contribution in [3.63, 3.8) is 0 Å². The fourth-order valence-corrected chi connectivity index (χ4v) is 2.99. The van der Waals surface area contributed by atoms with Crippen LogP contribution in [0, 0.1) is 6.92 Å². The summed E-state index contributed by atoms with van der Waals surface area (Å²) in [6.45, 7) is 4.17. The van der Waals surface area contributed by atoms with Crippen molar-refractivity contribution in [3.05, 3.63) is 23.3 Å². The number of amides is 1. The first kappa shape index (κ1) is 15.8. The molecular weight excluding hydrogens is 292 g/mol. The lowest BCUT2D eigenvalue weighted by atomic mass is 10.1. The Bertz CT molecular complexity index is 645. The number of rotatable bonds is 4. The molecule has 1 aromatic heterocycles. The highest BCUT2D eigenvalue weighted by Crippen LogP contribution is 2.32. The molecule has 0 unspecified atom stereocenters. The molecule has 0 saturated carbocycles. The van der Waals surface area contributed by atoms with Gasteiger partial charge in [0, 0.05) is 31.8 Å². The number of nitrogens with zero attached hydrogens (tertiary/aromatic N) is 3. The Morgan fingerprint density at radius 3 is 2.86 bits per heavy atom. The first-order chi connectivity index (χ1) is 9.78. The number of likely N-dealkylation sites (tertiary alicyclic amines) is 1. The first-order valence-corrected chi connectivity index (χ1v) is 8.71. The van der Waals surface area contributed by atoms with E-state index < -0.39 is 10.0 Å². The predicted molar refractivity (Wildman–Crippen MR) is 77.8 cm³/mol. The van der Waals surface area contributed by atoms with Crippen LogP contribution in [0.3, 0.4) is 0 Å². The minimum absolute atomic E-state index is 0.00999. The van der Waals surface area contributed by atoms with Crippen LogP contribution in [-0.4, -0.2) is 42.0 Å². The molecule has 1 aliphatic rings. The number of hydrogen-bond acceptors (Lipinski definition) is 5. The summed E-state index contributed by atoms with van der Waals surface area (Å²) in [4.78, 5) is 22.1. The van der Waals surface area contributed by atoms with Crippen LogP contribution < -0.4 is 4.72 Å². The van der Waals surface area contributed by atoms with Crippen molar-refractivity contribution in [2.24, 2.45) is 0 Å². The molecule has 0 bridgehead atoms. The van der Waals surface area contributed by atoms with Crippen LogP contribution in [0.25, 0.3) is 0 Å². The summed E-state index contributed by atoms with van der Waals surface area (Å²) >= 11 is 0. The fraction of sp³-hybridized carbons (Fsp3) is 0.615. The molecule has 0 aliphatic carbocycles. The fourth-order valence-electron chi connectivity index (χ4n) is 2.57. The molecule has 7 nitrogen and oxygen atoms in total. The van der Waals surface area contributed by atoms with Crippen LogP contribution in [0.4, 0.5) is 0 Å². The van der Waals surface area contributed by atoms with Gasteiger partial charge in [-0.15, -0.1) is 0 Å². The molecule has 2 rings (SSSR count). The van der Waals surface area contributed by atoms with Gasteiger partial charge >= 0.3 is 0 Å². The second-order valence-electron chi connectivity index (χ2n) is 5.29. The maximum Gasteiger partial charge on any atom is 0.220 e. The summed E-state index contributed by atoms with van der Waals surface area (Å²) in [6, 6.07) is -0.0967. The zero-order chi connectivity index (χ0) is 15.6. The standard InChI is InChI=1S/C13H20N4O3S/c1-9-14-7-11(8-15-21(3,19)20)13(16-9)12-5-4-6-17(12)10(2)18/h7,12,15H,4-6,8H2,1-3H3/t12-/m1/s1. The number of carbonyl (C=O) groups excluding carboxylic acids is 1.